The summed E-state index contributed by atoms with van der Waals surface area (Å²) in [5, 5.41) is 2.26. The molecule has 0 spiro atoms. The lowest BCUT2D eigenvalue weighted by molar-refractivity contribution is -0.123. The number of amides is 1. The zero-order valence-electron chi connectivity index (χ0n) is 15.8. The average Bonchev–Trinajstić information content (AvgIpc) is 3.22. The molecule has 0 saturated carbocycles. The van der Waals surface area contributed by atoms with E-state index in [9.17, 15) is 18.4 Å². The fourth-order valence-corrected chi connectivity index (χ4v) is 2.76. The Morgan fingerprint density at radius 3 is 2.62 bits per heavy atom. The third kappa shape index (κ3) is 5.74. The first-order chi connectivity index (χ1) is 13.9. The number of anilines is 1. The van der Waals surface area contributed by atoms with Crippen LogP contribution in [0.5, 0.6) is 5.75 Å². The highest BCUT2D eigenvalue weighted by molar-refractivity contribution is 5.97. The maximum atomic E-state index is 13.6. The Labute approximate surface area is 166 Å². The second kappa shape index (κ2) is 9.47. The largest absolute Gasteiger partial charge is 0.491 e. The molecule has 2 atom stereocenters. The van der Waals surface area contributed by atoms with Crippen molar-refractivity contribution < 1.29 is 32.6 Å². The highest BCUT2D eigenvalue weighted by Crippen LogP contribution is 2.18. The van der Waals surface area contributed by atoms with Gasteiger partial charge in [0.25, 0.3) is 5.91 Å². The summed E-state index contributed by atoms with van der Waals surface area (Å²) in [6, 6.07) is 9.06. The smallest absolute Gasteiger partial charge is 0.338 e. The van der Waals surface area contributed by atoms with Gasteiger partial charge in [-0.15, -0.1) is 0 Å². The van der Waals surface area contributed by atoms with Crippen molar-refractivity contribution in [1.29, 1.82) is 0 Å². The van der Waals surface area contributed by atoms with E-state index in [1.54, 1.807) is 12.1 Å². The van der Waals surface area contributed by atoms with Crippen LogP contribution in [0, 0.1) is 11.6 Å². The van der Waals surface area contributed by atoms with Crippen LogP contribution in [-0.4, -0.2) is 37.3 Å². The highest BCUT2D eigenvalue weighted by Gasteiger charge is 2.21. The Kier molecular flexibility index (Phi) is 6.77. The molecule has 2 aromatic carbocycles. The van der Waals surface area contributed by atoms with Gasteiger partial charge in [-0.2, -0.15) is 0 Å². The summed E-state index contributed by atoms with van der Waals surface area (Å²) < 4.78 is 42.8. The van der Waals surface area contributed by atoms with Gasteiger partial charge in [0.2, 0.25) is 0 Å². The topological polar surface area (TPSA) is 73.9 Å². The molecule has 0 bridgehead atoms. The first-order valence-electron chi connectivity index (χ1n) is 9.24. The minimum atomic E-state index is -1.18. The molecule has 1 heterocycles. The SMILES string of the molecule is C[C@H](OC(=O)c1ccc(OC[C@H]2CCCO2)cc1)C(=O)Nc1ccc(F)cc1F. The predicted molar refractivity (Wildman–Crippen MR) is 101 cm³/mol. The lowest BCUT2D eigenvalue weighted by atomic mass is 10.2. The van der Waals surface area contributed by atoms with Crippen LogP contribution in [0.3, 0.4) is 0 Å². The molecule has 0 aliphatic carbocycles. The molecular formula is C21H21F2NO5. The molecule has 1 aliphatic heterocycles. The number of halogens is 2. The quantitative estimate of drug-likeness (QED) is 0.711. The molecule has 29 heavy (non-hydrogen) atoms. The number of benzene rings is 2. The number of ether oxygens (including phenoxy) is 3. The Balaban J connectivity index is 1.51. The number of carbonyl (C=O) groups excluding carboxylic acids is 2. The van der Waals surface area contributed by atoms with E-state index in [1.165, 1.54) is 19.1 Å². The Morgan fingerprint density at radius 1 is 1.21 bits per heavy atom. The van der Waals surface area contributed by atoms with Gasteiger partial charge < -0.3 is 19.5 Å². The van der Waals surface area contributed by atoms with Crippen LogP contribution in [0.25, 0.3) is 0 Å². The molecule has 154 valence electrons. The summed E-state index contributed by atoms with van der Waals surface area (Å²) in [7, 11) is 0. The molecule has 8 heteroatoms. The minimum absolute atomic E-state index is 0.0879. The molecule has 6 nitrogen and oxygen atoms in total. The van der Waals surface area contributed by atoms with E-state index >= 15 is 0 Å². The van der Waals surface area contributed by atoms with Gasteiger partial charge in [0.1, 0.15) is 24.0 Å². The fraction of sp³-hybridized carbons (Fsp3) is 0.333. The number of carbonyl (C=O) groups is 2. The molecule has 0 radical (unpaired) electrons. The summed E-state index contributed by atoms with van der Waals surface area (Å²) in [6.07, 6.45) is 0.900. The van der Waals surface area contributed by atoms with Crippen molar-refractivity contribution in [3.63, 3.8) is 0 Å². The number of esters is 1. The van der Waals surface area contributed by atoms with Crippen molar-refractivity contribution in [2.75, 3.05) is 18.5 Å². The second-order valence-corrected chi connectivity index (χ2v) is 6.63. The first kappa shape index (κ1) is 20.7. The zero-order chi connectivity index (χ0) is 20.8. The van der Waals surface area contributed by atoms with E-state index in [1.807, 2.05) is 0 Å². The minimum Gasteiger partial charge on any atom is -0.491 e. The molecule has 1 aliphatic rings. The van der Waals surface area contributed by atoms with E-state index in [0.717, 1.165) is 31.6 Å². The molecule has 1 amide bonds. The summed E-state index contributed by atoms with van der Waals surface area (Å²) in [4.78, 5) is 24.3. The van der Waals surface area contributed by atoms with Crippen LogP contribution in [0.2, 0.25) is 0 Å². The predicted octanol–water partition coefficient (Wildman–Crippen LogP) is 3.71. The molecule has 0 unspecified atom stereocenters. The van der Waals surface area contributed by atoms with E-state index in [2.05, 4.69) is 5.32 Å². The summed E-state index contributed by atoms with van der Waals surface area (Å²) in [6.45, 7) is 2.55. The van der Waals surface area contributed by atoms with Crippen LogP contribution in [0.1, 0.15) is 30.1 Å². The van der Waals surface area contributed by atoms with Crippen molar-refractivity contribution in [3.05, 3.63) is 59.7 Å². The number of rotatable bonds is 7. The summed E-state index contributed by atoms with van der Waals surface area (Å²) >= 11 is 0. The van der Waals surface area contributed by atoms with Crippen LogP contribution >= 0.6 is 0 Å². The van der Waals surface area contributed by atoms with Gasteiger partial charge in [0.05, 0.1) is 17.4 Å². The lowest BCUT2D eigenvalue weighted by Gasteiger charge is -2.14. The molecule has 2 aromatic rings. The summed E-state index contributed by atoms with van der Waals surface area (Å²) in [5.41, 5.74) is 0.0362. The zero-order valence-corrected chi connectivity index (χ0v) is 15.8. The van der Waals surface area contributed by atoms with E-state index < -0.39 is 29.6 Å². The van der Waals surface area contributed by atoms with Crippen LogP contribution in [0.15, 0.2) is 42.5 Å². The van der Waals surface area contributed by atoms with Crippen LogP contribution in [-0.2, 0) is 14.3 Å². The third-order valence-electron chi connectivity index (χ3n) is 4.39. The van der Waals surface area contributed by atoms with Crippen molar-refractivity contribution >= 4 is 17.6 Å². The molecule has 3 rings (SSSR count). The Hall–Kier alpha value is -3.00. The second-order valence-electron chi connectivity index (χ2n) is 6.63. The molecule has 1 fully saturated rings. The van der Waals surface area contributed by atoms with Gasteiger partial charge in [-0.25, -0.2) is 13.6 Å². The number of hydrogen-bond acceptors (Lipinski definition) is 5. The number of nitrogens with one attached hydrogen (secondary N) is 1. The van der Waals surface area contributed by atoms with Crippen molar-refractivity contribution in [1.82, 2.24) is 0 Å². The first-order valence-corrected chi connectivity index (χ1v) is 9.24. The van der Waals surface area contributed by atoms with Crippen molar-refractivity contribution in [2.24, 2.45) is 0 Å². The molecule has 1 saturated heterocycles. The highest BCUT2D eigenvalue weighted by atomic mass is 19.1. The molecule has 0 aromatic heterocycles. The monoisotopic (exact) mass is 405 g/mol. The van der Waals surface area contributed by atoms with Gasteiger partial charge in [-0.3, -0.25) is 4.79 Å². The van der Waals surface area contributed by atoms with Gasteiger partial charge in [-0.1, -0.05) is 0 Å². The fourth-order valence-electron chi connectivity index (χ4n) is 2.76. The van der Waals surface area contributed by atoms with E-state index in [0.29, 0.717) is 18.4 Å². The third-order valence-corrected chi connectivity index (χ3v) is 4.39. The number of hydrogen-bond donors (Lipinski definition) is 1. The van der Waals surface area contributed by atoms with Gasteiger partial charge >= 0.3 is 5.97 Å². The maximum Gasteiger partial charge on any atom is 0.338 e. The Morgan fingerprint density at radius 2 is 1.97 bits per heavy atom. The van der Waals surface area contributed by atoms with E-state index in [-0.39, 0.29) is 17.4 Å². The van der Waals surface area contributed by atoms with Gasteiger partial charge in [0, 0.05) is 12.7 Å². The lowest BCUT2D eigenvalue weighted by Crippen LogP contribution is -2.30. The molecule has 1 N–H and O–H groups in total. The van der Waals surface area contributed by atoms with Gasteiger partial charge in [-0.05, 0) is 56.2 Å². The maximum absolute atomic E-state index is 13.6. The molecular weight excluding hydrogens is 384 g/mol. The van der Waals surface area contributed by atoms with Gasteiger partial charge in [0.15, 0.2) is 6.10 Å². The van der Waals surface area contributed by atoms with Crippen molar-refractivity contribution in [2.45, 2.75) is 32.0 Å². The van der Waals surface area contributed by atoms with Crippen molar-refractivity contribution in [3.8, 4) is 5.75 Å². The van der Waals surface area contributed by atoms with E-state index in [4.69, 9.17) is 14.2 Å². The average molecular weight is 405 g/mol. The standard InChI is InChI=1S/C21H21F2NO5/c1-13(20(25)24-19-9-6-15(22)11-18(19)23)29-21(26)14-4-7-16(8-5-14)28-12-17-3-2-10-27-17/h4-9,11,13,17H,2-3,10,12H2,1H3,(H,24,25)/t13-,17+/m0/s1. The normalized spacial score (nSPS) is 16.9. The summed E-state index contributed by atoms with van der Waals surface area (Å²) in [5.74, 6) is -2.54. The Bertz CT molecular complexity index is 866. The van der Waals surface area contributed by atoms with Crippen LogP contribution < -0.4 is 10.1 Å². The van der Waals surface area contributed by atoms with Crippen LogP contribution in [0.4, 0.5) is 14.5 Å².